The summed E-state index contributed by atoms with van der Waals surface area (Å²) in [5.74, 6) is -1.11. The van der Waals surface area contributed by atoms with Crippen molar-refractivity contribution >= 4 is 17.9 Å². The fraction of sp³-hybridized carbons (Fsp3) is 0.475. The third kappa shape index (κ3) is 49.6. The van der Waals surface area contributed by atoms with E-state index >= 15 is 0 Å². The van der Waals surface area contributed by atoms with Crippen molar-refractivity contribution in [3.8, 4) is 0 Å². The quantitative estimate of drug-likeness (QED) is 0.0200. The molecule has 0 heterocycles. The van der Waals surface area contributed by atoms with Crippen molar-refractivity contribution in [3.63, 3.8) is 0 Å². The molecular formula is C59H86O6. The molecule has 0 saturated carbocycles. The maximum Gasteiger partial charge on any atom is 0.306 e. The van der Waals surface area contributed by atoms with E-state index in [4.69, 9.17) is 14.2 Å². The van der Waals surface area contributed by atoms with Gasteiger partial charge in [-0.25, -0.2) is 0 Å². The van der Waals surface area contributed by atoms with E-state index in [0.29, 0.717) is 19.3 Å². The number of unbranched alkanes of at least 4 members (excludes halogenated alkanes) is 9. The van der Waals surface area contributed by atoms with E-state index in [1.54, 1.807) is 0 Å². The molecule has 0 amide bonds. The summed E-state index contributed by atoms with van der Waals surface area (Å²) in [5.41, 5.74) is 0. The molecule has 0 fully saturated rings. The lowest BCUT2D eigenvalue weighted by Gasteiger charge is -2.18. The van der Waals surface area contributed by atoms with Gasteiger partial charge in [-0.2, -0.15) is 0 Å². The van der Waals surface area contributed by atoms with Crippen LogP contribution in [0.5, 0.6) is 0 Å². The summed E-state index contributed by atoms with van der Waals surface area (Å²) in [4.78, 5) is 37.9. The second-order valence-electron chi connectivity index (χ2n) is 15.5. The maximum absolute atomic E-state index is 12.8. The van der Waals surface area contributed by atoms with Crippen LogP contribution in [-0.2, 0) is 28.6 Å². The summed E-state index contributed by atoms with van der Waals surface area (Å²) in [5, 5.41) is 0. The maximum atomic E-state index is 12.8. The number of carbonyl (C=O) groups excluding carboxylic acids is 3. The molecule has 0 aromatic heterocycles. The predicted octanol–water partition coefficient (Wildman–Crippen LogP) is 16.4. The zero-order chi connectivity index (χ0) is 47.2. The molecular weight excluding hydrogens is 805 g/mol. The van der Waals surface area contributed by atoms with Gasteiger partial charge in [0.2, 0.25) is 0 Å². The molecule has 0 aromatic carbocycles. The predicted molar refractivity (Wildman–Crippen MR) is 278 cm³/mol. The largest absolute Gasteiger partial charge is 0.462 e. The third-order valence-electron chi connectivity index (χ3n) is 9.40. The zero-order valence-corrected chi connectivity index (χ0v) is 40.7. The van der Waals surface area contributed by atoms with Crippen LogP contribution >= 0.6 is 0 Å². The molecule has 0 rings (SSSR count). The number of hydrogen-bond acceptors (Lipinski definition) is 6. The first kappa shape index (κ1) is 59.8. The van der Waals surface area contributed by atoms with Crippen molar-refractivity contribution in [3.05, 3.63) is 170 Å². The molecule has 6 heteroatoms. The SMILES string of the molecule is CC\C=C/C=C\C=C/C=C\CCCCCC(=O)OCC(COC(=O)CCCCCCC\C=C/C=C\C=C/C=C\C=C/CCC)OC(=O)CC/C=C\C/C=C\C/C=C\C/C=C\C/C=C\CC. The summed E-state index contributed by atoms with van der Waals surface area (Å²) in [6.07, 6.45) is 76.3. The molecule has 1 unspecified atom stereocenters. The number of esters is 3. The highest BCUT2D eigenvalue weighted by Crippen LogP contribution is 2.11. The van der Waals surface area contributed by atoms with Crippen LogP contribution in [-0.4, -0.2) is 37.2 Å². The molecule has 0 aliphatic heterocycles. The number of hydrogen-bond donors (Lipinski definition) is 0. The fourth-order valence-corrected chi connectivity index (χ4v) is 5.76. The number of carbonyl (C=O) groups is 3. The third-order valence-corrected chi connectivity index (χ3v) is 9.40. The fourth-order valence-electron chi connectivity index (χ4n) is 5.76. The van der Waals surface area contributed by atoms with Crippen LogP contribution in [0.4, 0.5) is 0 Å². The lowest BCUT2D eigenvalue weighted by atomic mass is 10.1. The van der Waals surface area contributed by atoms with E-state index in [-0.39, 0.29) is 38.0 Å². The Morgan fingerprint density at radius 2 is 0.708 bits per heavy atom. The van der Waals surface area contributed by atoms with Crippen LogP contribution in [0.15, 0.2) is 170 Å². The Balaban J connectivity index is 4.65. The first-order valence-electron chi connectivity index (χ1n) is 24.8. The number of ether oxygens (including phenoxy) is 3. The molecule has 0 aliphatic carbocycles. The Hall–Kier alpha value is -5.23. The van der Waals surface area contributed by atoms with Gasteiger partial charge in [0.1, 0.15) is 13.2 Å². The van der Waals surface area contributed by atoms with Gasteiger partial charge < -0.3 is 14.2 Å². The normalized spacial score (nSPS) is 13.6. The van der Waals surface area contributed by atoms with Crippen LogP contribution in [0, 0.1) is 0 Å². The molecule has 0 aromatic rings. The Morgan fingerprint density at radius 3 is 1.17 bits per heavy atom. The van der Waals surface area contributed by atoms with Gasteiger partial charge in [-0.1, -0.05) is 223 Å². The zero-order valence-electron chi connectivity index (χ0n) is 40.7. The van der Waals surface area contributed by atoms with E-state index in [2.05, 4.69) is 106 Å². The van der Waals surface area contributed by atoms with E-state index in [1.165, 1.54) is 6.42 Å². The van der Waals surface area contributed by atoms with Crippen molar-refractivity contribution in [2.24, 2.45) is 0 Å². The van der Waals surface area contributed by atoms with Crippen LogP contribution in [0.3, 0.4) is 0 Å². The molecule has 6 nitrogen and oxygen atoms in total. The second-order valence-corrected chi connectivity index (χ2v) is 15.5. The minimum Gasteiger partial charge on any atom is -0.462 e. The first-order chi connectivity index (χ1) is 32.0. The highest BCUT2D eigenvalue weighted by atomic mass is 16.6. The van der Waals surface area contributed by atoms with Crippen molar-refractivity contribution < 1.29 is 28.6 Å². The first-order valence-corrected chi connectivity index (χ1v) is 24.8. The van der Waals surface area contributed by atoms with Crippen LogP contribution in [0.2, 0.25) is 0 Å². The Bertz CT molecular complexity index is 1590. The summed E-state index contributed by atoms with van der Waals surface area (Å²) in [6.45, 7) is 6.13. The molecule has 358 valence electrons. The lowest BCUT2D eigenvalue weighted by Crippen LogP contribution is -2.30. The molecule has 65 heavy (non-hydrogen) atoms. The van der Waals surface area contributed by atoms with E-state index in [1.807, 2.05) is 85.1 Å². The lowest BCUT2D eigenvalue weighted by molar-refractivity contribution is -0.166. The highest BCUT2D eigenvalue weighted by molar-refractivity contribution is 5.71. The molecule has 0 saturated heterocycles. The standard InChI is InChI=1S/C59H86O6/c1-4-7-10-13-16-19-22-25-27-29-30-32-34-37-40-43-46-49-52-58(61)64-55-56(54-63-57(60)51-48-45-42-39-36-33-24-21-18-15-12-9-6-3)65-59(62)53-50-47-44-41-38-35-31-28-26-23-20-17-14-11-8-5-2/h8-13,15-22,24-30,32-33,35-36,38,44,47,56H,4-7,14,23,31,34,37,39-43,45-46,48-55H2,1-3H3/b11-8-,12-9-,13-10-,18-15-,19-16-,20-17-,24-21-,25-22-,28-26-,29-27-,32-30-,36-33-,38-35-,47-44-. The number of allylic oxidation sites excluding steroid dienone is 28. The Kier molecular flexibility index (Phi) is 47.3. The molecule has 0 aliphatic rings. The molecule has 0 radical (unpaired) electrons. The van der Waals surface area contributed by atoms with E-state index in [9.17, 15) is 14.4 Å². The van der Waals surface area contributed by atoms with E-state index < -0.39 is 12.1 Å². The monoisotopic (exact) mass is 891 g/mol. The number of rotatable bonds is 41. The van der Waals surface area contributed by atoms with Crippen molar-refractivity contribution in [1.29, 1.82) is 0 Å². The van der Waals surface area contributed by atoms with Gasteiger partial charge in [-0.05, 0) is 89.9 Å². The van der Waals surface area contributed by atoms with Crippen molar-refractivity contribution in [2.75, 3.05) is 13.2 Å². The average molecular weight is 891 g/mol. The summed E-state index contributed by atoms with van der Waals surface area (Å²) < 4.78 is 16.6. The average Bonchev–Trinajstić information content (AvgIpc) is 3.30. The van der Waals surface area contributed by atoms with Gasteiger partial charge in [0.25, 0.3) is 0 Å². The molecule has 0 N–H and O–H groups in total. The molecule has 1 atom stereocenters. The highest BCUT2D eigenvalue weighted by Gasteiger charge is 2.19. The van der Waals surface area contributed by atoms with Gasteiger partial charge in [0, 0.05) is 19.3 Å². The van der Waals surface area contributed by atoms with Gasteiger partial charge >= 0.3 is 17.9 Å². The van der Waals surface area contributed by atoms with Gasteiger partial charge in [0.15, 0.2) is 6.10 Å². The van der Waals surface area contributed by atoms with Crippen LogP contribution < -0.4 is 0 Å². The summed E-state index contributed by atoms with van der Waals surface area (Å²) in [7, 11) is 0. The minimum absolute atomic E-state index is 0.144. The molecule has 0 spiro atoms. The Labute approximate surface area is 396 Å². The van der Waals surface area contributed by atoms with Crippen LogP contribution in [0.25, 0.3) is 0 Å². The van der Waals surface area contributed by atoms with Gasteiger partial charge in [-0.15, -0.1) is 0 Å². The second kappa shape index (κ2) is 51.4. The molecule has 0 bridgehead atoms. The smallest absolute Gasteiger partial charge is 0.306 e. The van der Waals surface area contributed by atoms with E-state index in [0.717, 1.165) is 103 Å². The summed E-state index contributed by atoms with van der Waals surface area (Å²) >= 11 is 0. The van der Waals surface area contributed by atoms with Crippen LogP contribution in [0.1, 0.15) is 162 Å². The Morgan fingerprint density at radius 1 is 0.338 bits per heavy atom. The van der Waals surface area contributed by atoms with Gasteiger partial charge in [-0.3, -0.25) is 14.4 Å². The topological polar surface area (TPSA) is 78.9 Å². The van der Waals surface area contributed by atoms with Crippen molar-refractivity contribution in [1.82, 2.24) is 0 Å². The van der Waals surface area contributed by atoms with Gasteiger partial charge in [0.05, 0.1) is 0 Å². The minimum atomic E-state index is -0.854. The summed E-state index contributed by atoms with van der Waals surface area (Å²) in [6, 6.07) is 0. The van der Waals surface area contributed by atoms with Crippen molar-refractivity contribution in [2.45, 2.75) is 168 Å².